The molecule has 3 aromatic rings. The Morgan fingerprint density at radius 2 is 1.86 bits per heavy atom. The Morgan fingerprint density at radius 3 is 2.57 bits per heavy atom. The summed E-state index contributed by atoms with van der Waals surface area (Å²) >= 11 is 5.13. The third-order valence-electron chi connectivity index (χ3n) is 3.10. The van der Waals surface area contributed by atoms with Crippen molar-refractivity contribution < 1.29 is 17.9 Å². The molecular formula is C14H9F3N2OS. The monoisotopic (exact) mass is 310 g/mol. The third-order valence-corrected chi connectivity index (χ3v) is 3.39. The maximum atomic E-state index is 13.8. The highest BCUT2D eigenvalue weighted by molar-refractivity contribution is 7.71. The lowest BCUT2D eigenvalue weighted by atomic mass is 10.2. The number of imidazole rings is 1. The second kappa shape index (κ2) is 4.92. The van der Waals surface area contributed by atoms with Gasteiger partial charge in [-0.3, -0.25) is 4.57 Å². The van der Waals surface area contributed by atoms with Crippen LogP contribution < -0.4 is 4.74 Å². The van der Waals surface area contributed by atoms with Gasteiger partial charge in [0.2, 0.25) is 0 Å². The lowest BCUT2D eigenvalue weighted by Crippen LogP contribution is -1.97. The number of halogens is 3. The number of hydrogen-bond donors (Lipinski definition) is 1. The van der Waals surface area contributed by atoms with Crippen LogP contribution in [0.25, 0.3) is 16.7 Å². The highest BCUT2D eigenvalue weighted by atomic mass is 32.1. The van der Waals surface area contributed by atoms with Crippen LogP contribution in [0.3, 0.4) is 0 Å². The molecule has 0 spiro atoms. The topological polar surface area (TPSA) is 29.9 Å². The van der Waals surface area contributed by atoms with Gasteiger partial charge < -0.3 is 9.72 Å². The van der Waals surface area contributed by atoms with Gasteiger partial charge in [-0.2, -0.15) is 0 Å². The number of benzene rings is 2. The predicted molar refractivity (Wildman–Crippen MR) is 74.9 cm³/mol. The fourth-order valence-corrected chi connectivity index (χ4v) is 2.48. The van der Waals surface area contributed by atoms with Crippen molar-refractivity contribution in [3.63, 3.8) is 0 Å². The van der Waals surface area contributed by atoms with Gasteiger partial charge in [0.1, 0.15) is 11.3 Å². The van der Waals surface area contributed by atoms with Crippen molar-refractivity contribution in [2.24, 2.45) is 0 Å². The highest BCUT2D eigenvalue weighted by Crippen LogP contribution is 2.26. The minimum absolute atomic E-state index is 0.0145. The zero-order valence-electron chi connectivity index (χ0n) is 10.8. The molecule has 0 radical (unpaired) electrons. The molecule has 0 saturated carbocycles. The summed E-state index contributed by atoms with van der Waals surface area (Å²) in [5.74, 6) is -1.99. The van der Waals surface area contributed by atoms with E-state index in [-0.39, 0.29) is 21.6 Å². The molecule has 3 rings (SSSR count). The van der Waals surface area contributed by atoms with E-state index in [1.807, 2.05) is 0 Å². The first kappa shape index (κ1) is 13.7. The second-order valence-electron chi connectivity index (χ2n) is 4.37. The van der Waals surface area contributed by atoms with Gasteiger partial charge in [0, 0.05) is 18.2 Å². The molecule has 7 heteroatoms. The summed E-state index contributed by atoms with van der Waals surface area (Å²) in [6, 6.07) is 5.97. The summed E-state index contributed by atoms with van der Waals surface area (Å²) in [7, 11) is 1.33. The normalized spacial score (nSPS) is 11.0. The van der Waals surface area contributed by atoms with Gasteiger partial charge in [-0.1, -0.05) is 0 Å². The smallest absolute Gasteiger partial charge is 0.182 e. The van der Waals surface area contributed by atoms with Crippen molar-refractivity contribution >= 4 is 23.3 Å². The molecule has 1 heterocycles. The van der Waals surface area contributed by atoms with Crippen LogP contribution >= 0.6 is 12.2 Å². The summed E-state index contributed by atoms with van der Waals surface area (Å²) in [5.41, 5.74) is 0.755. The number of aromatic amines is 1. The van der Waals surface area contributed by atoms with Crippen LogP contribution in [-0.4, -0.2) is 16.7 Å². The molecule has 0 aliphatic rings. The van der Waals surface area contributed by atoms with Gasteiger partial charge in [0.25, 0.3) is 0 Å². The summed E-state index contributed by atoms with van der Waals surface area (Å²) in [4.78, 5) is 2.67. The van der Waals surface area contributed by atoms with Crippen molar-refractivity contribution in [3.8, 4) is 11.4 Å². The average Bonchev–Trinajstić information content (AvgIpc) is 2.76. The van der Waals surface area contributed by atoms with Crippen molar-refractivity contribution in [2.45, 2.75) is 0 Å². The molecule has 3 nitrogen and oxygen atoms in total. The standard InChI is InChI=1S/C14H9F3N2OS/c1-20-12-6-8(2-3-9(12)16)19-11-5-7(15)4-10(17)13(11)18-14(19)21/h2-6H,1H3,(H,18,21). The fourth-order valence-electron chi connectivity index (χ4n) is 2.18. The Hall–Kier alpha value is -2.28. The van der Waals surface area contributed by atoms with E-state index >= 15 is 0 Å². The zero-order chi connectivity index (χ0) is 15.1. The lowest BCUT2D eigenvalue weighted by molar-refractivity contribution is 0.386. The number of hydrogen-bond acceptors (Lipinski definition) is 2. The van der Waals surface area contributed by atoms with Gasteiger partial charge in [-0.05, 0) is 24.4 Å². The number of methoxy groups -OCH3 is 1. The molecule has 0 aliphatic carbocycles. The Balaban J connectivity index is 2.35. The molecule has 1 N–H and O–H groups in total. The number of nitrogens with one attached hydrogen (secondary N) is 1. The molecule has 21 heavy (non-hydrogen) atoms. The largest absolute Gasteiger partial charge is 0.494 e. The van der Waals surface area contributed by atoms with Crippen LogP contribution in [0.1, 0.15) is 0 Å². The minimum atomic E-state index is -0.746. The summed E-state index contributed by atoms with van der Waals surface area (Å²) < 4.78 is 47.1. The first-order chi connectivity index (χ1) is 10.0. The van der Waals surface area contributed by atoms with Crippen LogP contribution in [0.4, 0.5) is 13.2 Å². The van der Waals surface area contributed by atoms with Crippen molar-refractivity contribution in [1.82, 2.24) is 9.55 Å². The molecule has 0 fully saturated rings. The first-order valence-corrected chi connectivity index (χ1v) is 6.36. The van der Waals surface area contributed by atoms with E-state index in [4.69, 9.17) is 17.0 Å². The third kappa shape index (κ3) is 2.19. The maximum absolute atomic E-state index is 13.8. The van der Waals surface area contributed by atoms with Gasteiger partial charge in [-0.15, -0.1) is 0 Å². The molecular weight excluding hydrogens is 301 g/mol. The SMILES string of the molecule is COc1cc(-n2c(=S)[nH]c3c(F)cc(F)cc32)ccc1F. The molecule has 2 aromatic carbocycles. The zero-order valence-corrected chi connectivity index (χ0v) is 11.6. The first-order valence-electron chi connectivity index (χ1n) is 5.95. The van der Waals surface area contributed by atoms with Gasteiger partial charge in [0.05, 0.1) is 18.3 Å². The molecule has 0 amide bonds. The molecule has 0 atom stereocenters. The summed E-state index contributed by atoms with van der Waals surface area (Å²) in [6.07, 6.45) is 0. The number of nitrogens with zero attached hydrogens (tertiary/aromatic N) is 1. The predicted octanol–water partition coefficient (Wildman–Crippen LogP) is 4.11. The number of rotatable bonds is 2. The fraction of sp³-hybridized carbons (Fsp3) is 0.0714. The van der Waals surface area contributed by atoms with E-state index < -0.39 is 17.5 Å². The summed E-state index contributed by atoms with van der Waals surface area (Å²) in [6.45, 7) is 0. The average molecular weight is 310 g/mol. The van der Waals surface area contributed by atoms with Crippen molar-refractivity contribution in [3.05, 3.63) is 52.6 Å². The van der Waals surface area contributed by atoms with E-state index in [0.29, 0.717) is 5.69 Å². The van der Waals surface area contributed by atoms with E-state index in [2.05, 4.69) is 4.98 Å². The number of aromatic nitrogens is 2. The Kier molecular flexibility index (Phi) is 3.21. The Morgan fingerprint density at radius 1 is 1.10 bits per heavy atom. The second-order valence-corrected chi connectivity index (χ2v) is 4.75. The van der Waals surface area contributed by atoms with E-state index in [1.54, 1.807) is 0 Å². The molecule has 0 saturated heterocycles. The molecule has 1 aromatic heterocycles. The quantitative estimate of drug-likeness (QED) is 0.722. The van der Waals surface area contributed by atoms with Crippen LogP contribution in [0, 0.1) is 22.2 Å². The van der Waals surface area contributed by atoms with Crippen LogP contribution in [-0.2, 0) is 0 Å². The lowest BCUT2D eigenvalue weighted by Gasteiger charge is -2.08. The minimum Gasteiger partial charge on any atom is -0.494 e. The maximum Gasteiger partial charge on any atom is 0.182 e. The molecule has 0 aliphatic heterocycles. The van der Waals surface area contributed by atoms with Crippen LogP contribution in [0.15, 0.2) is 30.3 Å². The van der Waals surface area contributed by atoms with Crippen LogP contribution in [0.2, 0.25) is 0 Å². The van der Waals surface area contributed by atoms with E-state index in [9.17, 15) is 13.2 Å². The number of fused-ring (bicyclic) bond motifs is 1. The molecule has 0 bridgehead atoms. The van der Waals surface area contributed by atoms with Gasteiger partial charge in [0.15, 0.2) is 22.2 Å². The van der Waals surface area contributed by atoms with Gasteiger partial charge in [-0.25, -0.2) is 13.2 Å². The van der Waals surface area contributed by atoms with E-state index in [0.717, 1.165) is 12.1 Å². The highest BCUT2D eigenvalue weighted by Gasteiger charge is 2.13. The van der Waals surface area contributed by atoms with Crippen LogP contribution in [0.5, 0.6) is 5.75 Å². The number of ether oxygens (including phenoxy) is 1. The molecule has 0 unspecified atom stereocenters. The Bertz CT molecular complexity index is 901. The van der Waals surface area contributed by atoms with Crippen molar-refractivity contribution in [1.29, 1.82) is 0 Å². The van der Waals surface area contributed by atoms with Crippen molar-refractivity contribution in [2.75, 3.05) is 7.11 Å². The molecule has 108 valence electrons. The number of H-pyrrole nitrogens is 1. The summed E-state index contributed by atoms with van der Waals surface area (Å²) in [5, 5.41) is 0. The Labute approximate surface area is 122 Å². The van der Waals surface area contributed by atoms with E-state index in [1.165, 1.54) is 29.9 Å². The van der Waals surface area contributed by atoms with Gasteiger partial charge >= 0.3 is 0 Å².